The Morgan fingerprint density at radius 1 is 1.58 bits per heavy atom. The van der Waals surface area contributed by atoms with E-state index >= 15 is 0 Å². The number of nitrogens with zero attached hydrogens (tertiary/aromatic N) is 1. The van der Waals surface area contributed by atoms with E-state index in [1.54, 1.807) is 14.0 Å². The predicted molar refractivity (Wildman–Crippen MR) is 76.7 cm³/mol. The molecular formula is C12H13ClN2O3S. The first kappa shape index (κ1) is 13.9. The molecule has 2 rings (SSSR count). The van der Waals surface area contributed by atoms with Crippen LogP contribution in [0.25, 0.3) is 10.2 Å². The summed E-state index contributed by atoms with van der Waals surface area (Å²) in [4.78, 5) is 16.2. The lowest BCUT2D eigenvalue weighted by Gasteiger charge is -2.09. The lowest BCUT2D eigenvalue weighted by Crippen LogP contribution is -2.07. The normalized spacial score (nSPS) is 10.5. The van der Waals surface area contributed by atoms with Gasteiger partial charge in [0.1, 0.15) is 15.8 Å². The van der Waals surface area contributed by atoms with E-state index in [2.05, 4.69) is 10.3 Å². The van der Waals surface area contributed by atoms with Gasteiger partial charge in [0.05, 0.1) is 18.7 Å². The van der Waals surface area contributed by atoms with Gasteiger partial charge in [-0.1, -0.05) is 22.9 Å². The van der Waals surface area contributed by atoms with Crippen LogP contribution in [-0.4, -0.2) is 31.7 Å². The van der Waals surface area contributed by atoms with E-state index in [-0.39, 0.29) is 0 Å². The molecule has 102 valence electrons. The molecule has 0 unspecified atom stereocenters. The van der Waals surface area contributed by atoms with Crippen molar-refractivity contribution < 1.29 is 14.3 Å². The van der Waals surface area contributed by atoms with Gasteiger partial charge in [0.2, 0.25) is 0 Å². The van der Waals surface area contributed by atoms with Crippen molar-refractivity contribution in [2.75, 3.05) is 26.1 Å². The molecule has 7 heteroatoms. The molecule has 5 nitrogen and oxygen atoms in total. The van der Waals surface area contributed by atoms with E-state index in [1.807, 2.05) is 0 Å². The molecule has 0 spiro atoms. The summed E-state index contributed by atoms with van der Waals surface area (Å²) >= 11 is 7.53. The van der Waals surface area contributed by atoms with E-state index in [9.17, 15) is 4.79 Å². The molecule has 0 amide bonds. The van der Waals surface area contributed by atoms with Crippen molar-refractivity contribution in [3.8, 4) is 5.75 Å². The first-order valence-electron chi connectivity index (χ1n) is 5.64. The summed E-state index contributed by atoms with van der Waals surface area (Å²) in [7, 11) is 3.27. The number of carbonyl (C=O) groups excluding carboxylic acids is 1. The van der Waals surface area contributed by atoms with Crippen LogP contribution in [-0.2, 0) is 4.74 Å². The minimum Gasteiger partial charge on any atom is -0.494 e. The number of halogens is 1. The fourth-order valence-electron chi connectivity index (χ4n) is 1.69. The Kier molecular flexibility index (Phi) is 4.11. The molecule has 1 heterocycles. The molecule has 0 aliphatic carbocycles. The van der Waals surface area contributed by atoms with E-state index < -0.39 is 5.97 Å². The van der Waals surface area contributed by atoms with Crippen molar-refractivity contribution >= 4 is 44.3 Å². The second kappa shape index (κ2) is 5.63. The van der Waals surface area contributed by atoms with E-state index in [4.69, 9.17) is 21.1 Å². The van der Waals surface area contributed by atoms with Crippen LogP contribution >= 0.6 is 22.9 Å². The number of hydrogen-bond acceptors (Lipinski definition) is 6. The number of aromatic nitrogens is 1. The molecule has 2 aromatic rings. The van der Waals surface area contributed by atoms with Crippen LogP contribution in [0.3, 0.4) is 0 Å². The number of ether oxygens (including phenoxy) is 2. The standard InChI is InChI=1S/C12H13ClN2O3S/c1-4-18-11(16)6-5-7(13)8-10(9(6)17-3)19-12(14-2)15-8/h5H,4H2,1-3H3,(H,14,15). The van der Waals surface area contributed by atoms with Crippen molar-refractivity contribution in [1.29, 1.82) is 0 Å². The van der Waals surface area contributed by atoms with Crippen LogP contribution in [0.15, 0.2) is 6.07 Å². The summed E-state index contributed by atoms with van der Waals surface area (Å²) in [5.41, 5.74) is 0.925. The number of nitrogens with one attached hydrogen (secondary N) is 1. The van der Waals surface area contributed by atoms with Crippen LogP contribution in [0.2, 0.25) is 5.02 Å². The zero-order valence-electron chi connectivity index (χ0n) is 10.7. The number of fused-ring (bicyclic) bond motifs is 1. The summed E-state index contributed by atoms with van der Waals surface area (Å²) in [5.74, 6) is -0.0144. The Labute approximate surface area is 119 Å². The summed E-state index contributed by atoms with van der Waals surface area (Å²) in [6, 6.07) is 1.53. The Bertz CT molecular complexity index is 627. The number of anilines is 1. The zero-order chi connectivity index (χ0) is 14.0. The largest absolute Gasteiger partial charge is 0.494 e. The average molecular weight is 301 g/mol. The van der Waals surface area contributed by atoms with Gasteiger partial charge in [0.15, 0.2) is 10.9 Å². The molecule has 0 radical (unpaired) electrons. The lowest BCUT2D eigenvalue weighted by molar-refractivity contribution is 0.0523. The minimum absolute atomic E-state index is 0.294. The highest BCUT2D eigenvalue weighted by Crippen LogP contribution is 2.40. The van der Waals surface area contributed by atoms with Crippen LogP contribution in [0.4, 0.5) is 5.13 Å². The van der Waals surface area contributed by atoms with Gasteiger partial charge in [-0.25, -0.2) is 9.78 Å². The van der Waals surface area contributed by atoms with Gasteiger partial charge < -0.3 is 14.8 Å². The predicted octanol–water partition coefficient (Wildman–Crippen LogP) is 3.18. The number of carbonyl (C=O) groups is 1. The molecule has 0 bridgehead atoms. The molecule has 1 aromatic heterocycles. The number of hydrogen-bond donors (Lipinski definition) is 1. The van der Waals surface area contributed by atoms with E-state index in [0.29, 0.717) is 33.6 Å². The monoisotopic (exact) mass is 300 g/mol. The quantitative estimate of drug-likeness (QED) is 0.879. The number of methoxy groups -OCH3 is 1. The lowest BCUT2D eigenvalue weighted by atomic mass is 10.2. The van der Waals surface area contributed by atoms with Gasteiger partial charge in [-0.3, -0.25) is 0 Å². The molecule has 0 saturated carbocycles. The molecule has 0 atom stereocenters. The molecule has 1 aromatic carbocycles. The highest BCUT2D eigenvalue weighted by Gasteiger charge is 2.21. The van der Waals surface area contributed by atoms with E-state index in [0.717, 1.165) is 4.70 Å². The Morgan fingerprint density at radius 3 is 2.89 bits per heavy atom. The number of benzene rings is 1. The highest BCUT2D eigenvalue weighted by molar-refractivity contribution is 7.22. The van der Waals surface area contributed by atoms with Crippen LogP contribution in [0, 0.1) is 0 Å². The van der Waals surface area contributed by atoms with Crippen LogP contribution in [0.1, 0.15) is 17.3 Å². The van der Waals surface area contributed by atoms with Gasteiger partial charge in [-0.2, -0.15) is 0 Å². The number of rotatable bonds is 4. The van der Waals surface area contributed by atoms with Gasteiger partial charge in [0.25, 0.3) is 0 Å². The van der Waals surface area contributed by atoms with Gasteiger partial charge >= 0.3 is 5.97 Å². The Morgan fingerprint density at radius 2 is 2.32 bits per heavy atom. The summed E-state index contributed by atoms with van der Waals surface area (Å²) < 4.78 is 11.0. The van der Waals surface area contributed by atoms with Crippen molar-refractivity contribution in [2.24, 2.45) is 0 Å². The fourth-order valence-corrected chi connectivity index (χ4v) is 2.96. The Balaban J connectivity index is 2.68. The SMILES string of the molecule is CCOC(=O)c1cc(Cl)c2nc(NC)sc2c1OC. The van der Waals surface area contributed by atoms with Crippen molar-refractivity contribution in [3.05, 3.63) is 16.7 Å². The second-order valence-electron chi connectivity index (χ2n) is 3.61. The smallest absolute Gasteiger partial charge is 0.342 e. The maximum Gasteiger partial charge on any atom is 0.342 e. The molecule has 1 N–H and O–H groups in total. The average Bonchev–Trinajstić information content (AvgIpc) is 2.83. The van der Waals surface area contributed by atoms with Gasteiger partial charge in [0, 0.05) is 7.05 Å². The molecule has 0 saturated heterocycles. The summed E-state index contributed by atoms with van der Waals surface area (Å²) in [6.45, 7) is 2.04. The second-order valence-corrected chi connectivity index (χ2v) is 5.01. The van der Waals surface area contributed by atoms with Crippen LogP contribution in [0.5, 0.6) is 5.75 Å². The molecule has 0 aliphatic heterocycles. The minimum atomic E-state index is -0.456. The van der Waals surface area contributed by atoms with Crippen molar-refractivity contribution in [1.82, 2.24) is 4.98 Å². The number of thiazole rings is 1. The first-order chi connectivity index (χ1) is 9.12. The Hall–Kier alpha value is -1.53. The molecule has 0 fully saturated rings. The number of esters is 1. The molecule has 0 aliphatic rings. The zero-order valence-corrected chi connectivity index (χ0v) is 12.3. The third-order valence-corrected chi connectivity index (χ3v) is 3.85. The third-order valence-electron chi connectivity index (χ3n) is 2.49. The van der Waals surface area contributed by atoms with E-state index in [1.165, 1.54) is 24.5 Å². The van der Waals surface area contributed by atoms with Crippen molar-refractivity contribution in [3.63, 3.8) is 0 Å². The topological polar surface area (TPSA) is 60.5 Å². The molecular weight excluding hydrogens is 288 g/mol. The summed E-state index contributed by atoms with van der Waals surface area (Å²) in [5, 5.41) is 4.05. The van der Waals surface area contributed by atoms with Gasteiger partial charge in [-0.05, 0) is 13.0 Å². The highest BCUT2D eigenvalue weighted by atomic mass is 35.5. The molecule has 19 heavy (non-hydrogen) atoms. The maximum atomic E-state index is 11.9. The maximum absolute atomic E-state index is 11.9. The third kappa shape index (κ3) is 2.46. The van der Waals surface area contributed by atoms with Crippen LogP contribution < -0.4 is 10.1 Å². The first-order valence-corrected chi connectivity index (χ1v) is 6.83. The fraction of sp³-hybridized carbons (Fsp3) is 0.333. The van der Waals surface area contributed by atoms with Crippen molar-refractivity contribution in [2.45, 2.75) is 6.92 Å². The summed E-state index contributed by atoms with van der Waals surface area (Å²) in [6.07, 6.45) is 0. The van der Waals surface area contributed by atoms with Gasteiger partial charge in [-0.15, -0.1) is 0 Å².